The lowest BCUT2D eigenvalue weighted by Gasteiger charge is -2.11. The summed E-state index contributed by atoms with van der Waals surface area (Å²) in [4.78, 5) is 8.86. The molecule has 0 amide bonds. The molecular formula is C16H18N4. The first kappa shape index (κ1) is 12.8. The highest BCUT2D eigenvalue weighted by Gasteiger charge is 2.11. The molecule has 20 heavy (non-hydrogen) atoms. The first-order valence-electron chi connectivity index (χ1n) is 6.82. The Hall–Kier alpha value is -2.20. The van der Waals surface area contributed by atoms with Crippen molar-refractivity contribution in [1.82, 2.24) is 14.5 Å². The van der Waals surface area contributed by atoms with E-state index in [1.165, 1.54) is 5.56 Å². The Kier molecular flexibility index (Phi) is 3.48. The van der Waals surface area contributed by atoms with E-state index in [4.69, 9.17) is 5.73 Å². The standard InChI is InChI=1S/C16H18N4/c1-20-14-8-5-11-18-16(14)19-15(20)10-9-13(17)12-6-3-2-4-7-12/h2-8,11,13H,9-10,17H2,1H3. The van der Waals surface area contributed by atoms with Gasteiger partial charge < -0.3 is 10.3 Å². The summed E-state index contributed by atoms with van der Waals surface area (Å²) in [6, 6.07) is 14.2. The second-order valence-corrected chi connectivity index (χ2v) is 4.99. The van der Waals surface area contributed by atoms with E-state index in [2.05, 4.69) is 26.7 Å². The predicted octanol–water partition coefficient (Wildman–Crippen LogP) is 2.60. The van der Waals surface area contributed by atoms with Crippen molar-refractivity contribution < 1.29 is 0 Å². The van der Waals surface area contributed by atoms with Crippen LogP contribution in [0, 0.1) is 0 Å². The van der Waals surface area contributed by atoms with Crippen molar-refractivity contribution in [3.8, 4) is 0 Å². The van der Waals surface area contributed by atoms with Gasteiger partial charge in [-0.05, 0) is 24.1 Å². The Bertz CT molecular complexity index is 703. The number of rotatable bonds is 4. The second-order valence-electron chi connectivity index (χ2n) is 4.99. The maximum absolute atomic E-state index is 6.23. The van der Waals surface area contributed by atoms with Crippen molar-refractivity contribution in [2.45, 2.75) is 18.9 Å². The SMILES string of the molecule is Cn1c(CCC(N)c2ccccc2)nc2ncccc21. The van der Waals surface area contributed by atoms with Crippen LogP contribution in [-0.4, -0.2) is 14.5 Å². The first-order valence-corrected chi connectivity index (χ1v) is 6.82. The summed E-state index contributed by atoms with van der Waals surface area (Å²) >= 11 is 0. The van der Waals surface area contributed by atoms with Crippen molar-refractivity contribution >= 4 is 11.2 Å². The van der Waals surface area contributed by atoms with Crippen molar-refractivity contribution in [1.29, 1.82) is 0 Å². The molecule has 3 aromatic rings. The molecule has 3 rings (SSSR count). The molecule has 2 heterocycles. The smallest absolute Gasteiger partial charge is 0.177 e. The summed E-state index contributed by atoms with van der Waals surface area (Å²) in [6.45, 7) is 0. The Balaban J connectivity index is 1.76. The van der Waals surface area contributed by atoms with Crippen molar-refractivity contribution in [2.24, 2.45) is 12.8 Å². The number of imidazole rings is 1. The Labute approximate surface area is 118 Å². The summed E-state index contributed by atoms with van der Waals surface area (Å²) in [5.41, 5.74) is 9.27. The van der Waals surface area contributed by atoms with Crippen LogP contribution in [0.2, 0.25) is 0 Å². The van der Waals surface area contributed by atoms with Crippen LogP contribution in [-0.2, 0) is 13.5 Å². The molecule has 0 spiro atoms. The minimum absolute atomic E-state index is 0.0453. The predicted molar refractivity (Wildman–Crippen MR) is 80.2 cm³/mol. The van der Waals surface area contributed by atoms with Gasteiger partial charge in [0.2, 0.25) is 0 Å². The molecule has 2 N–H and O–H groups in total. The first-order chi connectivity index (χ1) is 9.75. The number of nitrogens with two attached hydrogens (primary N) is 1. The molecule has 0 radical (unpaired) electrons. The third kappa shape index (κ3) is 2.42. The molecule has 2 aromatic heterocycles. The van der Waals surface area contributed by atoms with Gasteiger partial charge in [-0.3, -0.25) is 0 Å². The third-order valence-corrected chi connectivity index (χ3v) is 3.66. The quantitative estimate of drug-likeness (QED) is 0.789. The zero-order valence-corrected chi connectivity index (χ0v) is 11.5. The van der Waals surface area contributed by atoms with Crippen LogP contribution in [0.4, 0.5) is 0 Å². The van der Waals surface area contributed by atoms with Crippen LogP contribution in [0.25, 0.3) is 11.2 Å². The number of aromatic nitrogens is 3. The molecule has 0 fully saturated rings. The highest BCUT2D eigenvalue weighted by Crippen LogP contribution is 2.18. The van der Waals surface area contributed by atoms with Crippen LogP contribution < -0.4 is 5.73 Å². The molecule has 4 heteroatoms. The van der Waals surface area contributed by atoms with E-state index in [0.717, 1.165) is 29.8 Å². The minimum atomic E-state index is 0.0453. The fourth-order valence-electron chi connectivity index (χ4n) is 2.45. The van der Waals surface area contributed by atoms with Gasteiger partial charge in [-0.1, -0.05) is 30.3 Å². The van der Waals surface area contributed by atoms with E-state index in [1.807, 2.05) is 37.4 Å². The molecule has 0 saturated heterocycles. The summed E-state index contributed by atoms with van der Waals surface area (Å²) in [5, 5.41) is 0. The van der Waals surface area contributed by atoms with Gasteiger partial charge >= 0.3 is 0 Å². The average molecular weight is 266 g/mol. The Morgan fingerprint density at radius 2 is 1.95 bits per heavy atom. The maximum atomic E-state index is 6.23. The van der Waals surface area contributed by atoms with Gasteiger partial charge in [0.05, 0.1) is 5.52 Å². The van der Waals surface area contributed by atoms with Gasteiger partial charge in [0, 0.05) is 25.7 Å². The minimum Gasteiger partial charge on any atom is -0.330 e. The Morgan fingerprint density at radius 1 is 1.15 bits per heavy atom. The highest BCUT2D eigenvalue weighted by atomic mass is 15.1. The topological polar surface area (TPSA) is 56.7 Å². The summed E-state index contributed by atoms with van der Waals surface area (Å²) in [7, 11) is 2.03. The molecule has 1 unspecified atom stereocenters. The van der Waals surface area contributed by atoms with Gasteiger partial charge in [-0.25, -0.2) is 9.97 Å². The molecule has 0 aliphatic carbocycles. The number of hydrogen-bond acceptors (Lipinski definition) is 3. The van der Waals surface area contributed by atoms with E-state index >= 15 is 0 Å². The molecule has 0 aliphatic rings. The molecule has 102 valence electrons. The van der Waals surface area contributed by atoms with Gasteiger partial charge in [0.25, 0.3) is 0 Å². The summed E-state index contributed by atoms with van der Waals surface area (Å²) < 4.78 is 2.10. The molecule has 1 atom stereocenters. The molecule has 0 saturated carbocycles. The van der Waals surface area contributed by atoms with Crippen molar-refractivity contribution in [3.05, 3.63) is 60.0 Å². The normalized spacial score (nSPS) is 12.7. The van der Waals surface area contributed by atoms with E-state index in [1.54, 1.807) is 6.20 Å². The number of nitrogens with zero attached hydrogens (tertiary/aromatic N) is 3. The van der Waals surface area contributed by atoms with E-state index in [9.17, 15) is 0 Å². The van der Waals surface area contributed by atoms with Gasteiger partial charge in [-0.15, -0.1) is 0 Å². The molecule has 4 nitrogen and oxygen atoms in total. The molecule has 0 aliphatic heterocycles. The van der Waals surface area contributed by atoms with Gasteiger partial charge in [0.15, 0.2) is 5.65 Å². The van der Waals surface area contributed by atoms with Gasteiger partial charge in [0.1, 0.15) is 5.82 Å². The third-order valence-electron chi connectivity index (χ3n) is 3.66. The van der Waals surface area contributed by atoms with Crippen LogP contribution in [0.5, 0.6) is 0 Å². The number of hydrogen-bond donors (Lipinski definition) is 1. The lowest BCUT2D eigenvalue weighted by molar-refractivity contribution is 0.623. The molecule has 1 aromatic carbocycles. The Morgan fingerprint density at radius 3 is 2.70 bits per heavy atom. The number of fused-ring (bicyclic) bond motifs is 1. The summed E-state index contributed by atoms with van der Waals surface area (Å²) in [6.07, 6.45) is 3.50. The van der Waals surface area contributed by atoms with Crippen molar-refractivity contribution in [2.75, 3.05) is 0 Å². The number of benzene rings is 1. The van der Waals surface area contributed by atoms with E-state index in [-0.39, 0.29) is 6.04 Å². The number of aryl methyl sites for hydroxylation is 2. The van der Waals surface area contributed by atoms with Crippen LogP contribution in [0.15, 0.2) is 48.7 Å². The van der Waals surface area contributed by atoms with E-state index in [0.29, 0.717) is 0 Å². The van der Waals surface area contributed by atoms with E-state index < -0.39 is 0 Å². The second kappa shape index (κ2) is 5.43. The molecule has 0 bridgehead atoms. The lowest BCUT2D eigenvalue weighted by Crippen LogP contribution is -2.12. The monoisotopic (exact) mass is 266 g/mol. The zero-order chi connectivity index (χ0) is 13.9. The maximum Gasteiger partial charge on any atom is 0.177 e. The lowest BCUT2D eigenvalue weighted by atomic mass is 10.0. The zero-order valence-electron chi connectivity index (χ0n) is 11.5. The van der Waals surface area contributed by atoms with Crippen LogP contribution >= 0.6 is 0 Å². The van der Waals surface area contributed by atoms with Crippen molar-refractivity contribution in [3.63, 3.8) is 0 Å². The van der Waals surface area contributed by atoms with Crippen LogP contribution in [0.3, 0.4) is 0 Å². The highest BCUT2D eigenvalue weighted by molar-refractivity contribution is 5.71. The molecular weight excluding hydrogens is 248 g/mol. The fourth-order valence-corrected chi connectivity index (χ4v) is 2.45. The number of pyridine rings is 1. The average Bonchev–Trinajstić information content (AvgIpc) is 2.83. The largest absolute Gasteiger partial charge is 0.330 e. The van der Waals surface area contributed by atoms with Crippen LogP contribution in [0.1, 0.15) is 23.9 Å². The van der Waals surface area contributed by atoms with Gasteiger partial charge in [-0.2, -0.15) is 0 Å². The summed E-state index contributed by atoms with van der Waals surface area (Å²) in [5.74, 6) is 1.03. The fraction of sp³-hybridized carbons (Fsp3) is 0.250.